The predicted octanol–water partition coefficient (Wildman–Crippen LogP) is 5.82. The number of methoxy groups -OCH3 is 1. The van der Waals surface area contributed by atoms with Crippen LogP contribution < -0.4 is 15.4 Å². The number of benzene rings is 4. The fourth-order valence-corrected chi connectivity index (χ4v) is 4.81. The van der Waals surface area contributed by atoms with Gasteiger partial charge < -0.3 is 25.6 Å². The number of hydrogen-bond donors (Lipinski definition) is 4. The lowest BCUT2D eigenvalue weighted by molar-refractivity contribution is -0.115. The zero-order chi connectivity index (χ0) is 28.6. The molecule has 0 aliphatic heterocycles. The van der Waals surface area contributed by atoms with Gasteiger partial charge in [0.2, 0.25) is 5.91 Å². The highest BCUT2D eigenvalue weighted by Gasteiger charge is 2.23. The normalized spacial score (nSPS) is 11.2. The Labute approximate surface area is 233 Å². The van der Waals surface area contributed by atoms with Gasteiger partial charge in [0.1, 0.15) is 11.0 Å². The number of carboxylic acid groups (broad SMARTS) is 2. The molecular formula is C30H24N2O7S. The van der Waals surface area contributed by atoms with E-state index in [4.69, 9.17) is 9.84 Å². The smallest absolute Gasteiger partial charge is 0.336 e. The molecule has 0 aliphatic carbocycles. The summed E-state index contributed by atoms with van der Waals surface area (Å²) in [5.74, 6) is -2.95. The van der Waals surface area contributed by atoms with E-state index >= 15 is 0 Å². The highest BCUT2D eigenvalue weighted by molar-refractivity contribution is 8.00. The Morgan fingerprint density at radius 3 is 1.95 bits per heavy atom. The van der Waals surface area contributed by atoms with Crippen LogP contribution in [-0.2, 0) is 4.79 Å². The molecule has 0 aromatic heterocycles. The Bertz CT molecular complexity index is 1540. The summed E-state index contributed by atoms with van der Waals surface area (Å²) in [5, 5.41) is 23.6. The Kier molecular flexibility index (Phi) is 8.82. The van der Waals surface area contributed by atoms with Crippen LogP contribution in [0.25, 0.3) is 0 Å². The van der Waals surface area contributed by atoms with E-state index in [2.05, 4.69) is 10.6 Å². The van der Waals surface area contributed by atoms with Crippen LogP contribution in [0.4, 0.5) is 11.4 Å². The second kappa shape index (κ2) is 12.6. The molecule has 0 saturated carbocycles. The molecule has 0 aliphatic rings. The van der Waals surface area contributed by atoms with Crippen LogP contribution in [0.3, 0.4) is 0 Å². The molecule has 4 rings (SSSR count). The van der Waals surface area contributed by atoms with Gasteiger partial charge >= 0.3 is 11.9 Å². The second-order valence-electron chi connectivity index (χ2n) is 8.48. The van der Waals surface area contributed by atoms with E-state index in [0.29, 0.717) is 17.1 Å². The Morgan fingerprint density at radius 1 is 0.725 bits per heavy atom. The molecule has 10 heteroatoms. The van der Waals surface area contributed by atoms with Crippen molar-refractivity contribution in [1.29, 1.82) is 0 Å². The second-order valence-corrected chi connectivity index (χ2v) is 9.65. The van der Waals surface area contributed by atoms with Crippen LogP contribution in [0.2, 0.25) is 0 Å². The first-order valence-electron chi connectivity index (χ1n) is 11.9. The number of ether oxygens (including phenoxy) is 1. The standard InChI is InChI=1S/C30H24N2O7S/c1-39-22-12-8-20(9-13-22)32-28(34)26(18-5-3-2-4-6-18)40-23-14-10-21(11-15-23)31-27(33)24-16-7-19(29(35)36)17-25(24)30(37)38/h2-17,26H,1H3,(H,31,33)(H,32,34)(H,35,36)(H,37,38). The van der Waals surface area contributed by atoms with Gasteiger partial charge in [0, 0.05) is 16.3 Å². The molecular weight excluding hydrogens is 532 g/mol. The fraction of sp³-hybridized carbons (Fsp3) is 0.0667. The molecule has 0 fully saturated rings. The fourth-order valence-electron chi connectivity index (χ4n) is 3.79. The number of carbonyl (C=O) groups is 4. The molecule has 1 unspecified atom stereocenters. The summed E-state index contributed by atoms with van der Waals surface area (Å²) in [7, 11) is 1.57. The minimum absolute atomic E-state index is 0.171. The maximum atomic E-state index is 13.3. The predicted molar refractivity (Wildman–Crippen MR) is 151 cm³/mol. The highest BCUT2D eigenvalue weighted by Crippen LogP contribution is 2.37. The van der Waals surface area contributed by atoms with Gasteiger partial charge in [0.05, 0.1) is 23.8 Å². The molecule has 9 nitrogen and oxygen atoms in total. The average molecular weight is 557 g/mol. The molecule has 1 atom stereocenters. The Balaban J connectivity index is 1.50. The van der Waals surface area contributed by atoms with Crippen molar-refractivity contribution in [2.45, 2.75) is 10.1 Å². The lowest BCUT2D eigenvalue weighted by atomic mass is 10.0. The van der Waals surface area contributed by atoms with E-state index < -0.39 is 28.7 Å². The van der Waals surface area contributed by atoms with E-state index in [1.54, 1.807) is 55.6 Å². The number of aromatic carboxylic acids is 2. The summed E-state index contributed by atoms with van der Waals surface area (Å²) in [6.45, 7) is 0. The molecule has 2 amide bonds. The average Bonchev–Trinajstić information content (AvgIpc) is 2.97. The number of carbonyl (C=O) groups excluding carboxylic acids is 2. The van der Waals surface area contributed by atoms with E-state index in [0.717, 1.165) is 16.5 Å². The van der Waals surface area contributed by atoms with Crippen LogP contribution in [-0.4, -0.2) is 41.1 Å². The minimum Gasteiger partial charge on any atom is -0.497 e. The molecule has 40 heavy (non-hydrogen) atoms. The van der Waals surface area contributed by atoms with Gasteiger partial charge in [-0.1, -0.05) is 30.3 Å². The van der Waals surface area contributed by atoms with Crippen LogP contribution >= 0.6 is 11.8 Å². The molecule has 0 spiro atoms. The SMILES string of the molecule is COc1ccc(NC(=O)C(Sc2ccc(NC(=O)c3ccc(C(=O)O)cc3C(=O)O)cc2)c2ccccc2)cc1. The van der Waals surface area contributed by atoms with Crippen LogP contribution in [0, 0.1) is 0 Å². The van der Waals surface area contributed by atoms with Crippen molar-refractivity contribution in [2.24, 2.45) is 0 Å². The number of amides is 2. The highest BCUT2D eigenvalue weighted by atomic mass is 32.2. The van der Waals surface area contributed by atoms with E-state index in [1.165, 1.54) is 23.9 Å². The third-order valence-corrected chi connectivity index (χ3v) is 7.07. The van der Waals surface area contributed by atoms with Crippen molar-refractivity contribution in [3.8, 4) is 5.75 Å². The van der Waals surface area contributed by atoms with Crippen molar-refractivity contribution < 1.29 is 34.1 Å². The van der Waals surface area contributed by atoms with Crippen molar-refractivity contribution in [3.63, 3.8) is 0 Å². The summed E-state index contributed by atoms with van der Waals surface area (Å²) >= 11 is 1.33. The lowest BCUT2D eigenvalue weighted by Crippen LogP contribution is -2.19. The Morgan fingerprint density at radius 2 is 1.35 bits per heavy atom. The summed E-state index contributed by atoms with van der Waals surface area (Å²) in [6.07, 6.45) is 0. The van der Waals surface area contributed by atoms with Crippen molar-refractivity contribution in [3.05, 3.63) is 119 Å². The molecule has 0 heterocycles. The first kappa shape index (κ1) is 27.9. The minimum atomic E-state index is -1.42. The van der Waals surface area contributed by atoms with Crippen LogP contribution in [0.5, 0.6) is 5.75 Å². The largest absolute Gasteiger partial charge is 0.497 e. The monoisotopic (exact) mass is 556 g/mol. The maximum Gasteiger partial charge on any atom is 0.336 e. The number of carboxylic acids is 2. The first-order chi connectivity index (χ1) is 19.2. The van der Waals surface area contributed by atoms with E-state index in [9.17, 15) is 24.3 Å². The van der Waals surface area contributed by atoms with Crippen molar-refractivity contribution >= 4 is 46.9 Å². The van der Waals surface area contributed by atoms with Gasteiger partial charge in [0.15, 0.2) is 0 Å². The quantitative estimate of drug-likeness (QED) is 0.179. The lowest BCUT2D eigenvalue weighted by Gasteiger charge is -2.17. The third-order valence-electron chi connectivity index (χ3n) is 5.81. The molecule has 4 aromatic rings. The summed E-state index contributed by atoms with van der Waals surface area (Å²) in [4.78, 5) is 49.6. The summed E-state index contributed by atoms with van der Waals surface area (Å²) in [6, 6.07) is 26.4. The first-order valence-corrected chi connectivity index (χ1v) is 12.8. The summed E-state index contributed by atoms with van der Waals surface area (Å²) < 4.78 is 5.17. The molecule has 0 saturated heterocycles. The number of thioether (sulfide) groups is 1. The van der Waals surface area contributed by atoms with Gasteiger partial charge in [-0.15, -0.1) is 11.8 Å². The molecule has 4 aromatic carbocycles. The third kappa shape index (κ3) is 6.86. The summed E-state index contributed by atoms with van der Waals surface area (Å²) in [5.41, 5.74) is 1.00. The van der Waals surface area contributed by atoms with Gasteiger partial charge in [0.25, 0.3) is 5.91 Å². The van der Waals surface area contributed by atoms with E-state index in [-0.39, 0.29) is 17.0 Å². The zero-order valence-corrected chi connectivity index (χ0v) is 22.0. The van der Waals surface area contributed by atoms with Gasteiger partial charge in [-0.2, -0.15) is 0 Å². The Hall–Kier alpha value is -5.09. The number of hydrogen-bond acceptors (Lipinski definition) is 6. The number of nitrogens with one attached hydrogen (secondary N) is 2. The molecule has 0 radical (unpaired) electrons. The molecule has 4 N–H and O–H groups in total. The maximum absolute atomic E-state index is 13.3. The topological polar surface area (TPSA) is 142 Å². The van der Waals surface area contributed by atoms with Crippen molar-refractivity contribution in [1.82, 2.24) is 0 Å². The van der Waals surface area contributed by atoms with Crippen LogP contribution in [0.15, 0.2) is 102 Å². The molecule has 202 valence electrons. The van der Waals surface area contributed by atoms with Gasteiger partial charge in [-0.05, 0) is 72.3 Å². The number of anilines is 2. The van der Waals surface area contributed by atoms with Gasteiger partial charge in [-0.25, -0.2) is 9.59 Å². The zero-order valence-electron chi connectivity index (χ0n) is 21.2. The van der Waals surface area contributed by atoms with Crippen LogP contribution in [0.1, 0.15) is 41.9 Å². The van der Waals surface area contributed by atoms with E-state index in [1.807, 2.05) is 30.3 Å². The molecule has 0 bridgehead atoms. The number of rotatable bonds is 10. The van der Waals surface area contributed by atoms with Crippen molar-refractivity contribution in [2.75, 3.05) is 17.7 Å². The van der Waals surface area contributed by atoms with Gasteiger partial charge in [-0.3, -0.25) is 9.59 Å².